The van der Waals surface area contributed by atoms with Crippen molar-refractivity contribution in [2.24, 2.45) is 0 Å². The Morgan fingerprint density at radius 1 is 1.15 bits per heavy atom. The summed E-state index contributed by atoms with van der Waals surface area (Å²) in [5.74, 6) is 1.99. The van der Waals surface area contributed by atoms with Gasteiger partial charge < -0.3 is 19.4 Å². The number of carbonyl (C=O) groups excluding carboxylic acids is 1. The summed E-state index contributed by atoms with van der Waals surface area (Å²) in [6.45, 7) is 0.717. The van der Waals surface area contributed by atoms with Gasteiger partial charge in [-0.15, -0.1) is 0 Å². The molecule has 0 saturated carbocycles. The van der Waals surface area contributed by atoms with Gasteiger partial charge in [-0.2, -0.15) is 0 Å². The lowest BCUT2D eigenvalue weighted by Crippen LogP contribution is -2.31. The Morgan fingerprint density at radius 3 is 2.73 bits per heavy atom. The van der Waals surface area contributed by atoms with Gasteiger partial charge in [0, 0.05) is 12.1 Å². The van der Waals surface area contributed by atoms with Crippen LogP contribution in [0.4, 0.5) is 0 Å². The van der Waals surface area contributed by atoms with E-state index in [2.05, 4.69) is 9.97 Å². The molecule has 1 saturated heterocycles. The van der Waals surface area contributed by atoms with E-state index in [1.807, 2.05) is 29.2 Å². The molecular formula is C20H21N3O3. The SMILES string of the molecule is COc1ccc(C(=O)N2CCCC2c2nc3ccccc3[nH]2)cc1OC. The largest absolute Gasteiger partial charge is 0.493 e. The first-order valence-corrected chi connectivity index (χ1v) is 8.69. The van der Waals surface area contributed by atoms with Crippen molar-refractivity contribution in [3.05, 3.63) is 53.9 Å². The molecule has 4 rings (SSSR count). The smallest absolute Gasteiger partial charge is 0.254 e. The predicted octanol–water partition coefficient (Wildman–Crippen LogP) is 3.56. The summed E-state index contributed by atoms with van der Waals surface area (Å²) in [7, 11) is 3.15. The third kappa shape index (κ3) is 2.77. The minimum Gasteiger partial charge on any atom is -0.493 e. The second kappa shape index (κ2) is 6.71. The molecule has 2 heterocycles. The average molecular weight is 351 g/mol. The van der Waals surface area contributed by atoms with Gasteiger partial charge in [0.2, 0.25) is 0 Å². The number of hydrogen-bond donors (Lipinski definition) is 1. The summed E-state index contributed by atoms with van der Waals surface area (Å²) in [6, 6.07) is 13.2. The van der Waals surface area contributed by atoms with Crippen LogP contribution in [-0.2, 0) is 0 Å². The van der Waals surface area contributed by atoms with Crippen LogP contribution >= 0.6 is 0 Å². The van der Waals surface area contributed by atoms with Crippen molar-refractivity contribution in [1.29, 1.82) is 0 Å². The molecule has 1 N–H and O–H groups in total. The van der Waals surface area contributed by atoms with Crippen molar-refractivity contribution < 1.29 is 14.3 Å². The first-order valence-electron chi connectivity index (χ1n) is 8.69. The van der Waals surface area contributed by atoms with Gasteiger partial charge in [0.1, 0.15) is 5.82 Å². The number of nitrogens with zero attached hydrogens (tertiary/aromatic N) is 2. The average Bonchev–Trinajstić information content (AvgIpc) is 3.33. The molecule has 2 aromatic carbocycles. The fourth-order valence-electron chi connectivity index (χ4n) is 3.56. The molecule has 1 atom stereocenters. The molecule has 6 heteroatoms. The van der Waals surface area contributed by atoms with Crippen LogP contribution in [0.5, 0.6) is 11.5 Å². The van der Waals surface area contributed by atoms with Crippen LogP contribution in [-0.4, -0.2) is 41.5 Å². The number of likely N-dealkylation sites (tertiary alicyclic amines) is 1. The second-order valence-corrected chi connectivity index (χ2v) is 6.37. The Morgan fingerprint density at radius 2 is 1.96 bits per heavy atom. The van der Waals surface area contributed by atoms with E-state index >= 15 is 0 Å². The van der Waals surface area contributed by atoms with Crippen molar-refractivity contribution in [1.82, 2.24) is 14.9 Å². The Bertz CT molecular complexity index is 917. The Kier molecular flexibility index (Phi) is 4.24. The zero-order chi connectivity index (χ0) is 18.1. The minimum atomic E-state index is -0.0389. The van der Waals surface area contributed by atoms with Crippen molar-refractivity contribution in [2.75, 3.05) is 20.8 Å². The summed E-state index contributed by atoms with van der Waals surface area (Å²) in [4.78, 5) is 23.0. The monoisotopic (exact) mass is 351 g/mol. The number of aromatic nitrogens is 2. The van der Waals surface area contributed by atoms with Crippen LogP contribution in [0.1, 0.15) is 35.1 Å². The van der Waals surface area contributed by atoms with Gasteiger partial charge in [0.05, 0.1) is 31.3 Å². The number of hydrogen-bond acceptors (Lipinski definition) is 4. The van der Waals surface area contributed by atoms with E-state index in [-0.39, 0.29) is 11.9 Å². The van der Waals surface area contributed by atoms with E-state index in [9.17, 15) is 4.79 Å². The molecule has 0 bridgehead atoms. The molecule has 1 fully saturated rings. The molecule has 1 aliphatic rings. The third-order valence-corrected chi connectivity index (χ3v) is 4.87. The summed E-state index contributed by atoms with van der Waals surface area (Å²) < 4.78 is 10.6. The summed E-state index contributed by atoms with van der Waals surface area (Å²) in [6.07, 6.45) is 1.86. The molecule has 1 aromatic heterocycles. The number of nitrogens with one attached hydrogen (secondary N) is 1. The number of benzene rings is 2. The molecule has 134 valence electrons. The Balaban J connectivity index is 1.64. The van der Waals surface area contributed by atoms with Gasteiger partial charge in [-0.05, 0) is 43.2 Å². The molecule has 0 spiro atoms. The van der Waals surface area contributed by atoms with Crippen molar-refractivity contribution in [3.8, 4) is 11.5 Å². The fourth-order valence-corrected chi connectivity index (χ4v) is 3.56. The van der Waals surface area contributed by atoms with Gasteiger partial charge in [-0.1, -0.05) is 12.1 Å². The van der Waals surface area contributed by atoms with Crippen LogP contribution in [0.2, 0.25) is 0 Å². The zero-order valence-corrected chi connectivity index (χ0v) is 14.9. The highest BCUT2D eigenvalue weighted by Crippen LogP contribution is 2.34. The number of carbonyl (C=O) groups is 1. The van der Waals surface area contributed by atoms with Gasteiger partial charge >= 0.3 is 0 Å². The highest BCUT2D eigenvalue weighted by molar-refractivity contribution is 5.95. The standard InChI is InChI=1S/C20H21N3O3/c1-25-17-10-9-13(12-18(17)26-2)20(24)23-11-5-8-16(23)19-21-14-6-3-4-7-15(14)22-19/h3-4,6-7,9-10,12,16H,5,8,11H2,1-2H3,(H,21,22). The highest BCUT2D eigenvalue weighted by Gasteiger charge is 2.33. The number of methoxy groups -OCH3 is 2. The number of ether oxygens (including phenoxy) is 2. The van der Waals surface area contributed by atoms with E-state index in [1.54, 1.807) is 32.4 Å². The quantitative estimate of drug-likeness (QED) is 0.780. The lowest BCUT2D eigenvalue weighted by atomic mass is 10.1. The maximum atomic E-state index is 13.1. The number of fused-ring (bicyclic) bond motifs is 1. The molecule has 26 heavy (non-hydrogen) atoms. The van der Waals surface area contributed by atoms with E-state index < -0.39 is 0 Å². The zero-order valence-electron chi connectivity index (χ0n) is 14.9. The van der Waals surface area contributed by atoms with Gasteiger partial charge in [-0.3, -0.25) is 4.79 Å². The van der Waals surface area contributed by atoms with E-state index in [4.69, 9.17) is 9.47 Å². The maximum absolute atomic E-state index is 13.1. The first-order chi connectivity index (χ1) is 12.7. The molecule has 1 unspecified atom stereocenters. The topological polar surface area (TPSA) is 67.5 Å². The predicted molar refractivity (Wildman–Crippen MR) is 98.7 cm³/mol. The van der Waals surface area contributed by atoms with E-state index in [1.165, 1.54) is 0 Å². The number of imidazole rings is 1. The Labute approximate surface area is 151 Å². The molecule has 6 nitrogen and oxygen atoms in total. The molecule has 1 amide bonds. The van der Waals surface area contributed by atoms with Crippen LogP contribution in [0.25, 0.3) is 11.0 Å². The van der Waals surface area contributed by atoms with Gasteiger partial charge in [-0.25, -0.2) is 4.98 Å². The fraction of sp³-hybridized carbons (Fsp3) is 0.300. The lowest BCUT2D eigenvalue weighted by Gasteiger charge is -2.23. The van der Waals surface area contributed by atoms with Gasteiger partial charge in [0.25, 0.3) is 5.91 Å². The molecule has 1 aliphatic heterocycles. The normalized spacial score (nSPS) is 16.8. The number of amides is 1. The Hall–Kier alpha value is -3.02. The third-order valence-electron chi connectivity index (χ3n) is 4.87. The first kappa shape index (κ1) is 16.4. The summed E-state index contributed by atoms with van der Waals surface area (Å²) in [5, 5.41) is 0. The lowest BCUT2D eigenvalue weighted by molar-refractivity contribution is 0.0730. The van der Waals surface area contributed by atoms with Crippen LogP contribution in [0.3, 0.4) is 0 Å². The molecule has 0 radical (unpaired) electrons. The van der Waals surface area contributed by atoms with Crippen LogP contribution in [0, 0.1) is 0 Å². The van der Waals surface area contributed by atoms with Gasteiger partial charge in [0.15, 0.2) is 11.5 Å². The van der Waals surface area contributed by atoms with Crippen molar-refractivity contribution in [2.45, 2.75) is 18.9 Å². The number of rotatable bonds is 4. The van der Waals surface area contributed by atoms with E-state index in [0.717, 1.165) is 36.2 Å². The number of H-pyrrole nitrogens is 1. The minimum absolute atomic E-state index is 0.0195. The van der Waals surface area contributed by atoms with Crippen LogP contribution < -0.4 is 9.47 Å². The van der Waals surface area contributed by atoms with Crippen molar-refractivity contribution >= 4 is 16.9 Å². The molecule has 3 aromatic rings. The maximum Gasteiger partial charge on any atom is 0.254 e. The number of para-hydroxylation sites is 2. The summed E-state index contributed by atoms with van der Waals surface area (Å²) >= 11 is 0. The van der Waals surface area contributed by atoms with Crippen LogP contribution in [0.15, 0.2) is 42.5 Å². The number of aromatic amines is 1. The molecular weight excluding hydrogens is 330 g/mol. The van der Waals surface area contributed by atoms with E-state index in [0.29, 0.717) is 17.1 Å². The summed E-state index contributed by atoms with van der Waals surface area (Å²) in [5.41, 5.74) is 2.51. The van der Waals surface area contributed by atoms with Crippen molar-refractivity contribution in [3.63, 3.8) is 0 Å². The second-order valence-electron chi connectivity index (χ2n) is 6.37. The molecule has 0 aliphatic carbocycles. The highest BCUT2D eigenvalue weighted by atomic mass is 16.5.